The van der Waals surface area contributed by atoms with Crippen LogP contribution in [0.1, 0.15) is 28.9 Å². The van der Waals surface area contributed by atoms with Crippen molar-refractivity contribution >= 4 is 11.6 Å². The van der Waals surface area contributed by atoms with Crippen LogP contribution in [0.5, 0.6) is 0 Å². The summed E-state index contributed by atoms with van der Waals surface area (Å²) in [6, 6.07) is 17.6. The first-order valence-corrected chi connectivity index (χ1v) is 8.58. The van der Waals surface area contributed by atoms with E-state index in [1.54, 1.807) is 30.5 Å². The molecule has 134 valence electrons. The largest absolute Gasteiger partial charge is 0.345 e. The smallest absolute Gasteiger partial charge is 0.257 e. The summed E-state index contributed by atoms with van der Waals surface area (Å²) in [4.78, 5) is 17.0. The summed E-state index contributed by atoms with van der Waals surface area (Å²) < 4.78 is 15.7. The quantitative estimate of drug-likeness (QED) is 0.598. The van der Waals surface area contributed by atoms with Crippen molar-refractivity contribution in [3.05, 3.63) is 90.0 Å². The van der Waals surface area contributed by atoms with Gasteiger partial charge in [-0.3, -0.25) is 4.79 Å². The number of carbonyl (C=O) groups excluding carboxylic acids is 1. The van der Waals surface area contributed by atoms with E-state index in [1.807, 2.05) is 37.3 Å². The molecule has 1 N–H and O–H groups in total. The Kier molecular flexibility index (Phi) is 4.38. The summed E-state index contributed by atoms with van der Waals surface area (Å²) in [7, 11) is 0. The van der Waals surface area contributed by atoms with Gasteiger partial charge in [0.15, 0.2) is 5.65 Å². The number of nitrogens with zero attached hydrogens (tertiary/aromatic N) is 3. The van der Waals surface area contributed by atoms with Crippen molar-refractivity contribution in [2.75, 3.05) is 0 Å². The van der Waals surface area contributed by atoms with Crippen LogP contribution in [-0.2, 0) is 0 Å². The summed E-state index contributed by atoms with van der Waals surface area (Å²) in [5.41, 5.74) is 2.66. The van der Waals surface area contributed by atoms with Gasteiger partial charge in [0.25, 0.3) is 5.91 Å². The molecule has 0 aliphatic heterocycles. The van der Waals surface area contributed by atoms with Crippen molar-refractivity contribution in [3.63, 3.8) is 0 Å². The van der Waals surface area contributed by atoms with Crippen LogP contribution in [0.25, 0.3) is 16.9 Å². The van der Waals surface area contributed by atoms with E-state index < -0.39 is 0 Å². The number of halogens is 1. The fourth-order valence-electron chi connectivity index (χ4n) is 3.02. The average molecular weight is 360 g/mol. The number of hydrogen-bond acceptors (Lipinski definition) is 3. The normalized spacial score (nSPS) is 12.1. The lowest BCUT2D eigenvalue weighted by Crippen LogP contribution is -2.26. The molecule has 1 atom stereocenters. The predicted octanol–water partition coefficient (Wildman–Crippen LogP) is 4.03. The summed E-state index contributed by atoms with van der Waals surface area (Å²) in [6.07, 6.45) is 3.01. The highest BCUT2D eigenvalue weighted by atomic mass is 19.1. The first-order valence-electron chi connectivity index (χ1n) is 8.58. The molecule has 4 aromatic rings. The molecule has 2 aromatic carbocycles. The van der Waals surface area contributed by atoms with Gasteiger partial charge in [-0.05, 0) is 30.7 Å². The highest BCUT2D eigenvalue weighted by molar-refractivity contribution is 6.00. The van der Waals surface area contributed by atoms with E-state index in [-0.39, 0.29) is 17.8 Å². The summed E-state index contributed by atoms with van der Waals surface area (Å²) in [5.74, 6) is -0.635. The second-order valence-electron chi connectivity index (χ2n) is 6.21. The van der Waals surface area contributed by atoms with Crippen molar-refractivity contribution in [1.29, 1.82) is 0 Å². The van der Waals surface area contributed by atoms with Gasteiger partial charge in [0, 0.05) is 11.8 Å². The molecule has 0 spiro atoms. The van der Waals surface area contributed by atoms with Gasteiger partial charge < -0.3 is 5.32 Å². The minimum Gasteiger partial charge on any atom is -0.345 e. The maximum atomic E-state index is 14.2. The van der Waals surface area contributed by atoms with Crippen LogP contribution >= 0.6 is 0 Å². The molecule has 0 fully saturated rings. The molecular formula is C21H17FN4O. The number of nitrogens with one attached hydrogen (secondary N) is 1. The molecule has 2 heterocycles. The first-order chi connectivity index (χ1) is 13.1. The van der Waals surface area contributed by atoms with E-state index in [0.717, 1.165) is 5.56 Å². The van der Waals surface area contributed by atoms with Crippen molar-refractivity contribution in [1.82, 2.24) is 19.9 Å². The number of carbonyl (C=O) groups is 1. The van der Waals surface area contributed by atoms with Gasteiger partial charge in [0.1, 0.15) is 11.4 Å². The molecule has 0 aliphatic carbocycles. The van der Waals surface area contributed by atoms with Crippen LogP contribution in [0.3, 0.4) is 0 Å². The van der Waals surface area contributed by atoms with Crippen LogP contribution in [-0.4, -0.2) is 20.5 Å². The van der Waals surface area contributed by atoms with E-state index in [2.05, 4.69) is 15.4 Å². The number of rotatable bonds is 4. The van der Waals surface area contributed by atoms with Crippen LogP contribution in [0.4, 0.5) is 4.39 Å². The molecule has 4 rings (SSSR count). The van der Waals surface area contributed by atoms with Gasteiger partial charge in [-0.15, -0.1) is 0 Å². The van der Waals surface area contributed by atoms with E-state index >= 15 is 0 Å². The summed E-state index contributed by atoms with van der Waals surface area (Å²) in [5, 5.41) is 7.22. The van der Waals surface area contributed by atoms with E-state index in [0.29, 0.717) is 22.5 Å². The molecule has 5 nitrogen and oxygen atoms in total. The van der Waals surface area contributed by atoms with Gasteiger partial charge in [-0.25, -0.2) is 13.9 Å². The molecule has 2 aromatic heterocycles. The highest BCUT2D eigenvalue weighted by Gasteiger charge is 2.19. The van der Waals surface area contributed by atoms with Crippen molar-refractivity contribution in [3.8, 4) is 11.3 Å². The summed E-state index contributed by atoms with van der Waals surface area (Å²) >= 11 is 0. The molecule has 0 saturated heterocycles. The molecule has 1 unspecified atom stereocenters. The molecule has 0 bridgehead atoms. The Morgan fingerprint density at radius 1 is 1.07 bits per heavy atom. The minimum atomic E-state index is -0.357. The number of benzene rings is 2. The minimum absolute atomic E-state index is 0.164. The second kappa shape index (κ2) is 6.99. The zero-order valence-electron chi connectivity index (χ0n) is 14.6. The van der Waals surface area contributed by atoms with E-state index in [9.17, 15) is 9.18 Å². The van der Waals surface area contributed by atoms with Crippen molar-refractivity contribution in [2.45, 2.75) is 13.0 Å². The molecule has 0 aliphatic rings. The molecule has 1 amide bonds. The molecule has 6 heteroatoms. The first kappa shape index (κ1) is 16.9. The third-order valence-corrected chi connectivity index (χ3v) is 4.44. The van der Waals surface area contributed by atoms with Crippen LogP contribution in [0.15, 0.2) is 73.1 Å². The number of amides is 1. The Bertz CT molecular complexity index is 1110. The van der Waals surface area contributed by atoms with Crippen LogP contribution < -0.4 is 5.32 Å². The Balaban J connectivity index is 1.69. The number of fused-ring (bicyclic) bond motifs is 1. The standard InChI is InChI=1S/C21H17FN4O/c1-14(15-7-3-2-4-8-15)25-21(27)17-13-24-26-19(11-12-23-20(17)26)16-9-5-6-10-18(16)22/h2-14H,1H3,(H,25,27). The molecular weight excluding hydrogens is 343 g/mol. The highest BCUT2D eigenvalue weighted by Crippen LogP contribution is 2.24. The number of hydrogen-bond donors (Lipinski definition) is 1. The fourth-order valence-corrected chi connectivity index (χ4v) is 3.02. The maximum absolute atomic E-state index is 14.2. The fraction of sp³-hybridized carbons (Fsp3) is 0.0952. The lowest BCUT2D eigenvalue weighted by molar-refractivity contribution is 0.0941. The van der Waals surface area contributed by atoms with Crippen molar-refractivity contribution in [2.24, 2.45) is 0 Å². The van der Waals surface area contributed by atoms with E-state index in [4.69, 9.17) is 0 Å². The van der Waals surface area contributed by atoms with Gasteiger partial charge in [-0.2, -0.15) is 5.10 Å². The van der Waals surface area contributed by atoms with Gasteiger partial charge in [-0.1, -0.05) is 42.5 Å². The lowest BCUT2D eigenvalue weighted by atomic mass is 10.1. The maximum Gasteiger partial charge on any atom is 0.257 e. The zero-order valence-corrected chi connectivity index (χ0v) is 14.6. The van der Waals surface area contributed by atoms with Crippen LogP contribution in [0, 0.1) is 5.82 Å². The lowest BCUT2D eigenvalue weighted by Gasteiger charge is -2.13. The zero-order chi connectivity index (χ0) is 18.8. The molecule has 27 heavy (non-hydrogen) atoms. The van der Waals surface area contributed by atoms with Gasteiger partial charge >= 0.3 is 0 Å². The molecule has 0 radical (unpaired) electrons. The van der Waals surface area contributed by atoms with Crippen LogP contribution in [0.2, 0.25) is 0 Å². The summed E-state index contributed by atoms with van der Waals surface area (Å²) in [6.45, 7) is 1.91. The molecule has 0 saturated carbocycles. The Morgan fingerprint density at radius 2 is 1.81 bits per heavy atom. The monoisotopic (exact) mass is 360 g/mol. The average Bonchev–Trinajstić information content (AvgIpc) is 3.13. The Hall–Kier alpha value is -3.54. The van der Waals surface area contributed by atoms with Gasteiger partial charge in [0.05, 0.1) is 17.9 Å². The predicted molar refractivity (Wildman–Crippen MR) is 101 cm³/mol. The number of aromatic nitrogens is 3. The van der Waals surface area contributed by atoms with Gasteiger partial charge in [0.2, 0.25) is 0 Å². The third-order valence-electron chi connectivity index (χ3n) is 4.44. The van der Waals surface area contributed by atoms with Crippen molar-refractivity contribution < 1.29 is 9.18 Å². The van der Waals surface area contributed by atoms with E-state index in [1.165, 1.54) is 16.8 Å². The third kappa shape index (κ3) is 3.17. The topological polar surface area (TPSA) is 59.3 Å². The Morgan fingerprint density at radius 3 is 2.59 bits per heavy atom. The Labute approximate surface area is 155 Å². The second-order valence-corrected chi connectivity index (χ2v) is 6.21. The SMILES string of the molecule is CC(NC(=O)c1cnn2c(-c3ccccc3F)ccnc12)c1ccccc1.